The second-order valence-corrected chi connectivity index (χ2v) is 23.5. The number of aromatic nitrogens is 4. The van der Waals surface area contributed by atoms with Crippen LogP contribution in [0.2, 0.25) is 0 Å². The number of hydrogen-bond donors (Lipinski definition) is 0. The largest absolute Gasteiger partial charge is 0.306 e. The lowest BCUT2D eigenvalue weighted by Crippen LogP contribution is -2.16. The summed E-state index contributed by atoms with van der Waals surface area (Å²) in [4.78, 5) is 0. The van der Waals surface area contributed by atoms with Crippen LogP contribution in [0.5, 0.6) is 0 Å². The summed E-state index contributed by atoms with van der Waals surface area (Å²) in [5.74, 6) is 0. The third-order valence-electron chi connectivity index (χ3n) is 18.0. The predicted molar refractivity (Wildman–Crippen MR) is 362 cm³/mol. The van der Waals surface area contributed by atoms with E-state index < -0.39 is 0 Å². The van der Waals surface area contributed by atoms with Crippen LogP contribution in [0, 0.1) is 22.7 Å². The fourth-order valence-corrected chi connectivity index (χ4v) is 15.7. The highest BCUT2D eigenvalue weighted by molar-refractivity contribution is 7.26. The molecule has 0 aliphatic carbocycles. The van der Waals surface area contributed by atoms with E-state index in [1.807, 2.05) is 0 Å². The van der Waals surface area contributed by atoms with Gasteiger partial charge in [-0.3, -0.25) is 0 Å². The molecule has 6 nitrogen and oxygen atoms in total. The van der Waals surface area contributed by atoms with Crippen molar-refractivity contribution in [2.24, 2.45) is 0 Å². The quantitative estimate of drug-likeness (QED) is 0.160. The zero-order chi connectivity index (χ0) is 57.4. The monoisotopic (exact) mass is 1120 g/mol. The molecule has 18 aromatic rings. The lowest BCUT2D eigenvalue weighted by molar-refractivity contribution is 1.03. The zero-order valence-electron chi connectivity index (χ0n) is 46.6. The van der Waals surface area contributed by atoms with Crippen LogP contribution in [0.1, 0.15) is 11.1 Å². The van der Waals surface area contributed by atoms with Crippen molar-refractivity contribution in [3.05, 3.63) is 290 Å². The Bertz CT molecular complexity index is 5880. The van der Waals surface area contributed by atoms with Gasteiger partial charge in [-0.1, -0.05) is 224 Å². The van der Waals surface area contributed by atoms with Gasteiger partial charge < -0.3 is 18.3 Å². The molecule has 18 rings (SSSR count). The van der Waals surface area contributed by atoms with E-state index in [-0.39, 0.29) is 0 Å². The summed E-state index contributed by atoms with van der Waals surface area (Å²) in [5.41, 5.74) is 17.1. The summed E-state index contributed by atoms with van der Waals surface area (Å²) in [5, 5.41) is 36.7. The molecule has 7 heteroatoms. The number of rotatable bonds is 7. The van der Waals surface area contributed by atoms with Crippen LogP contribution in [-0.2, 0) is 0 Å². The van der Waals surface area contributed by atoms with Crippen LogP contribution in [0.25, 0.3) is 164 Å². The number of fused-ring (bicyclic) bond motifs is 16. The Hall–Kier alpha value is -11.7. The van der Waals surface area contributed by atoms with Gasteiger partial charge in [0.15, 0.2) is 0 Å². The van der Waals surface area contributed by atoms with Gasteiger partial charge in [0.1, 0.15) is 23.3 Å². The first-order valence-corrected chi connectivity index (χ1v) is 30.1. The molecule has 0 aliphatic heterocycles. The van der Waals surface area contributed by atoms with Crippen molar-refractivity contribution in [2.75, 3.05) is 0 Å². The van der Waals surface area contributed by atoms with E-state index in [4.69, 9.17) is 0 Å². The van der Waals surface area contributed by atoms with Crippen molar-refractivity contribution >= 4 is 119 Å². The number of thiophene rings is 1. The molecule has 0 spiro atoms. The lowest BCUT2D eigenvalue weighted by atomic mass is 9.90. The van der Waals surface area contributed by atoms with Crippen LogP contribution in [-0.4, -0.2) is 18.3 Å². The molecule has 13 aromatic carbocycles. The molecule has 0 unspecified atom stereocenters. The Kier molecular flexibility index (Phi) is 10.6. The highest BCUT2D eigenvalue weighted by Crippen LogP contribution is 2.51. The fourth-order valence-electron chi connectivity index (χ4n) is 14.4. The maximum atomic E-state index is 13.1. The van der Waals surface area contributed by atoms with Crippen molar-refractivity contribution in [1.82, 2.24) is 18.3 Å². The van der Waals surface area contributed by atoms with Gasteiger partial charge in [0.25, 0.3) is 0 Å². The van der Waals surface area contributed by atoms with E-state index in [2.05, 4.69) is 309 Å². The Morgan fingerprint density at radius 3 is 1.09 bits per heavy atom. The standard InChI is InChI=1S/C80H46N6S/c81-47-65-75(83-67-32-14-7-25-54(67)55-26-8-15-33-68(55)83)76(84-69-34-16-9-27-56(69)57-28-10-17-35-70(57)84)66(48-82)78(77(65)85-71-36-18-11-29-58(71)59-30-12-19-37-72(59)85)86-73-46-52(40-42-60(73)62-43-44-63-61-31-13-20-38-74(61)87-80(63)79(62)86)64-45-51(49-21-3-1-4-22-49)39-41-53(64)50-23-5-2-6-24-50/h1-46H. The molecule has 5 heterocycles. The van der Waals surface area contributed by atoms with Crippen molar-refractivity contribution in [3.63, 3.8) is 0 Å². The van der Waals surface area contributed by atoms with Crippen molar-refractivity contribution in [3.8, 4) is 68.3 Å². The first-order chi connectivity index (χ1) is 43.1. The minimum Gasteiger partial charge on any atom is -0.306 e. The zero-order valence-corrected chi connectivity index (χ0v) is 47.5. The summed E-state index contributed by atoms with van der Waals surface area (Å²) < 4.78 is 11.5. The van der Waals surface area contributed by atoms with Gasteiger partial charge in [-0.05, 0) is 88.0 Å². The van der Waals surface area contributed by atoms with E-state index in [0.29, 0.717) is 33.9 Å². The molecule has 0 saturated carbocycles. The molecule has 0 radical (unpaired) electrons. The highest BCUT2D eigenvalue weighted by atomic mass is 32.1. The van der Waals surface area contributed by atoms with E-state index in [1.54, 1.807) is 11.3 Å². The molecule has 87 heavy (non-hydrogen) atoms. The molecular formula is C80H46N6S. The molecule has 0 saturated heterocycles. The van der Waals surface area contributed by atoms with E-state index in [1.165, 1.54) is 0 Å². The summed E-state index contributed by atoms with van der Waals surface area (Å²) in [6.45, 7) is 0. The molecule has 0 atom stereocenters. The van der Waals surface area contributed by atoms with Crippen LogP contribution in [0.3, 0.4) is 0 Å². The molecule has 5 aromatic heterocycles. The Balaban J connectivity index is 1.12. The molecule has 402 valence electrons. The van der Waals surface area contributed by atoms with Gasteiger partial charge in [-0.2, -0.15) is 10.5 Å². The van der Waals surface area contributed by atoms with E-state index >= 15 is 0 Å². The van der Waals surface area contributed by atoms with Gasteiger partial charge in [-0.25, -0.2) is 0 Å². The van der Waals surface area contributed by atoms with Crippen LogP contribution >= 0.6 is 11.3 Å². The van der Waals surface area contributed by atoms with E-state index in [0.717, 1.165) is 141 Å². The van der Waals surface area contributed by atoms with Crippen LogP contribution in [0.4, 0.5) is 0 Å². The second kappa shape index (κ2) is 18.9. The normalized spacial score (nSPS) is 11.9. The first kappa shape index (κ1) is 48.8. The van der Waals surface area contributed by atoms with Gasteiger partial charge >= 0.3 is 0 Å². The number of nitrogens with zero attached hydrogens (tertiary/aromatic N) is 6. The maximum Gasteiger partial charge on any atom is 0.104 e. The predicted octanol–water partition coefficient (Wildman–Crippen LogP) is 21.2. The lowest BCUT2D eigenvalue weighted by Gasteiger charge is -2.27. The average Bonchev–Trinajstić information content (AvgIpc) is 1.63. The molecule has 0 fully saturated rings. The molecule has 0 amide bonds. The second-order valence-electron chi connectivity index (χ2n) is 22.5. The minimum atomic E-state index is 0.410. The van der Waals surface area contributed by atoms with Crippen molar-refractivity contribution in [1.29, 1.82) is 10.5 Å². The maximum absolute atomic E-state index is 13.1. The number of nitriles is 2. The van der Waals surface area contributed by atoms with Gasteiger partial charge in [0.2, 0.25) is 0 Å². The van der Waals surface area contributed by atoms with Gasteiger partial charge in [0, 0.05) is 58.6 Å². The Morgan fingerprint density at radius 1 is 0.253 bits per heavy atom. The van der Waals surface area contributed by atoms with Crippen LogP contribution < -0.4 is 0 Å². The Labute approximate surface area is 502 Å². The molecule has 0 N–H and O–H groups in total. The average molecular weight is 1120 g/mol. The highest BCUT2D eigenvalue weighted by Gasteiger charge is 2.35. The van der Waals surface area contributed by atoms with Crippen LogP contribution in [0.15, 0.2) is 279 Å². The minimum absolute atomic E-state index is 0.410. The summed E-state index contributed by atoms with van der Waals surface area (Å²) in [6, 6.07) is 105. The topological polar surface area (TPSA) is 67.3 Å². The molecule has 0 bridgehead atoms. The summed E-state index contributed by atoms with van der Waals surface area (Å²) >= 11 is 1.77. The Morgan fingerprint density at radius 2 is 0.621 bits per heavy atom. The smallest absolute Gasteiger partial charge is 0.104 e. The van der Waals surface area contributed by atoms with E-state index in [9.17, 15) is 10.5 Å². The molecule has 0 aliphatic rings. The third-order valence-corrected chi connectivity index (χ3v) is 19.2. The number of para-hydroxylation sites is 6. The summed E-state index contributed by atoms with van der Waals surface area (Å²) in [7, 11) is 0. The first-order valence-electron chi connectivity index (χ1n) is 29.3. The van der Waals surface area contributed by atoms with Crippen molar-refractivity contribution < 1.29 is 0 Å². The fraction of sp³-hybridized carbons (Fsp3) is 0. The third kappa shape index (κ3) is 6.95. The van der Waals surface area contributed by atoms with Gasteiger partial charge in [0.05, 0.1) is 71.6 Å². The SMILES string of the molecule is N#Cc1c(-n2c3ccccc3c3ccccc32)c(-n2c3ccccc3c3ccccc32)c(C#N)c(-n2c3cc(-c4cc(-c5ccccc5)ccc4-c4ccccc4)ccc3c3ccc4c5ccccc5sc4c32)c1-n1c2ccccc2c2ccccc21. The van der Waals surface area contributed by atoms with Gasteiger partial charge in [-0.15, -0.1) is 11.3 Å². The number of benzene rings is 13. The van der Waals surface area contributed by atoms with Crippen molar-refractivity contribution in [2.45, 2.75) is 0 Å². The molecular weight excluding hydrogens is 1080 g/mol. The number of hydrogen-bond acceptors (Lipinski definition) is 3. The summed E-state index contributed by atoms with van der Waals surface area (Å²) in [6.07, 6.45) is 0.